The van der Waals surface area contributed by atoms with Gasteiger partial charge < -0.3 is 14.6 Å². The quantitative estimate of drug-likeness (QED) is 0.540. The Bertz CT molecular complexity index is 1070. The number of esters is 1. The molecule has 0 saturated heterocycles. The normalized spacial score (nSPS) is 11.0. The summed E-state index contributed by atoms with van der Waals surface area (Å²) in [7, 11) is 2.95. The van der Waals surface area contributed by atoms with Gasteiger partial charge in [-0.2, -0.15) is 0 Å². The molecule has 7 nitrogen and oxygen atoms in total. The van der Waals surface area contributed by atoms with Crippen molar-refractivity contribution in [2.45, 2.75) is 6.54 Å². The molecular formula is C19H17N3O4S. The number of nitrogens with one attached hydrogen (secondary N) is 1. The third-order valence-corrected chi connectivity index (χ3v) is 4.78. The van der Waals surface area contributed by atoms with Gasteiger partial charge in [-0.15, -0.1) is 11.3 Å². The number of methoxy groups -OCH3 is 1. The Balaban J connectivity index is 1.66. The smallest absolute Gasteiger partial charge is 0.337 e. The molecule has 0 aliphatic rings. The average molecular weight is 383 g/mol. The van der Waals surface area contributed by atoms with Crippen molar-refractivity contribution in [3.63, 3.8) is 0 Å². The van der Waals surface area contributed by atoms with Crippen molar-refractivity contribution in [1.82, 2.24) is 14.9 Å². The fraction of sp³-hybridized carbons (Fsp3) is 0.158. The van der Waals surface area contributed by atoms with Gasteiger partial charge in [-0.1, -0.05) is 12.1 Å². The summed E-state index contributed by atoms with van der Waals surface area (Å²) >= 11 is 1.33. The van der Waals surface area contributed by atoms with Crippen LogP contribution in [0.3, 0.4) is 0 Å². The van der Waals surface area contributed by atoms with Gasteiger partial charge in [0, 0.05) is 13.1 Å². The van der Waals surface area contributed by atoms with Crippen LogP contribution in [0.5, 0.6) is 0 Å². The highest BCUT2D eigenvalue weighted by molar-refractivity contribution is 7.17. The molecule has 8 heteroatoms. The molecule has 0 aliphatic carbocycles. The zero-order valence-corrected chi connectivity index (χ0v) is 15.6. The van der Waals surface area contributed by atoms with Crippen LogP contribution in [0.25, 0.3) is 16.3 Å². The van der Waals surface area contributed by atoms with E-state index in [4.69, 9.17) is 0 Å². The van der Waals surface area contributed by atoms with Crippen molar-refractivity contribution in [3.05, 3.63) is 69.1 Å². The van der Waals surface area contributed by atoms with E-state index in [-0.39, 0.29) is 18.0 Å². The number of aromatic nitrogens is 2. The number of nitrogens with zero attached hydrogens (tertiary/aromatic N) is 2. The number of hydrogen-bond acceptors (Lipinski definition) is 6. The van der Waals surface area contributed by atoms with Crippen molar-refractivity contribution in [3.8, 4) is 0 Å². The highest BCUT2D eigenvalue weighted by Gasteiger charge is 2.10. The van der Waals surface area contributed by atoms with E-state index in [1.807, 2.05) is 0 Å². The number of hydrogen-bond donors (Lipinski definition) is 1. The minimum Gasteiger partial charge on any atom is -0.465 e. The first-order valence-electron chi connectivity index (χ1n) is 8.06. The van der Waals surface area contributed by atoms with Gasteiger partial charge in [0.2, 0.25) is 5.91 Å². The molecule has 3 rings (SSSR count). The minimum atomic E-state index is -0.412. The lowest BCUT2D eigenvalue weighted by Crippen LogP contribution is -2.26. The van der Waals surface area contributed by atoms with E-state index >= 15 is 0 Å². The number of aromatic amines is 1. The number of amides is 1. The highest BCUT2D eigenvalue weighted by Crippen LogP contribution is 2.14. The Morgan fingerprint density at radius 3 is 2.70 bits per heavy atom. The van der Waals surface area contributed by atoms with Crippen LogP contribution in [-0.4, -0.2) is 40.9 Å². The first kappa shape index (κ1) is 18.5. The third-order valence-electron chi connectivity index (χ3n) is 3.88. The number of carbonyl (C=O) groups excluding carboxylic acids is 2. The highest BCUT2D eigenvalue weighted by atomic mass is 32.1. The summed E-state index contributed by atoms with van der Waals surface area (Å²) in [6.07, 6.45) is 3.08. The number of fused-ring (bicyclic) bond motifs is 1. The van der Waals surface area contributed by atoms with Crippen molar-refractivity contribution >= 4 is 39.5 Å². The molecule has 0 spiro atoms. The van der Waals surface area contributed by atoms with Crippen molar-refractivity contribution in [2.75, 3.05) is 14.2 Å². The Morgan fingerprint density at radius 1 is 1.26 bits per heavy atom. The lowest BCUT2D eigenvalue weighted by Gasteiger charge is -2.14. The minimum absolute atomic E-state index is 0.186. The van der Waals surface area contributed by atoms with Crippen LogP contribution in [0.4, 0.5) is 0 Å². The second-order valence-corrected chi connectivity index (χ2v) is 6.70. The molecule has 2 heterocycles. The van der Waals surface area contributed by atoms with Gasteiger partial charge in [0.15, 0.2) is 0 Å². The van der Waals surface area contributed by atoms with Crippen LogP contribution in [0.1, 0.15) is 21.7 Å². The largest absolute Gasteiger partial charge is 0.465 e. The molecule has 1 amide bonds. The third kappa shape index (κ3) is 4.29. The Morgan fingerprint density at radius 2 is 2.00 bits per heavy atom. The summed E-state index contributed by atoms with van der Waals surface area (Å²) in [6, 6.07) is 8.48. The van der Waals surface area contributed by atoms with Crippen LogP contribution in [0.15, 0.2) is 46.6 Å². The van der Waals surface area contributed by atoms with Gasteiger partial charge >= 0.3 is 5.97 Å². The summed E-state index contributed by atoms with van der Waals surface area (Å²) in [5.74, 6) is -0.219. The Kier molecular flexibility index (Phi) is 5.46. The second kappa shape index (κ2) is 7.96. The second-order valence-electron chi connectivity index (χ2n) is 5.79. The lowest BCUT2D eigenvalue weighted by molar-refractivity contribution is -0.125. The van der Waals surface area contributed by atoms with E-state index in [2.05, 4.69) is 14.7 Å². The van der Waals surface area contributed by atoms with Crippen molar-refractivity contribution < 1.29 is 14.3 Å². The predicted octanol–water partition coefficient (Wildman–Crippen LogP) is 2.44. The molecule has 3 aromatic rings. The summed E-state index contributed by atoms with van der Waals surface area (Å²) in [4.78, 5) is 44.2. The molecule has 138 valence electrons. The number of carbonyl (C=O) groups is 2. The summed E-state index contributed by atoms with van der Waals surface area (Å²) in [6.45, 7) is 0.186. The Labute approximate surface area is 158 Å². The monoisotopic (exact) mass is 383 g/mol. The van der Waals surface area contributed by atoms with Gasteiger partial charge in [-0.05, 0) is 35.2 Å². The van der Waals surface area contributed by atoms with Gasteiger partial charge in [-0.25, -0.2) is 9.78 Å². The van der Waals surface area contributed by atoms with Crippen molar-refractivity contribution in [2.24, 2.45) is 0 Å². The Hall–Kier alpha value is -3.26. The zero-order chi connectivity index (χ0) is 19.4. The van der Waals surface area contributed by atoms with E-state index in [9.17, 15) is 14.4 Å². The molecule has 27 heavy (non-hydrogen) atoms. The number of benzene rings is 1. The predicted molar refractivity (Wildman–Crippen MR) is 104 cm³/mol. The molecule has 0 unspecified atom stereocenters. The number of ether oxygens (including phenoxy) is 1. The maximum absolute atomic E-state index is 12.3. The lowest BCUT2D eigenvalue weighted by atomic mass is 10.1. The summed E-state index contributed by atoms with van der Waals surface area (Å²) in [5, 5.41) is 1.81. The van der Waals surface area contributed by atoms with Crippen molar-refractivity contribution in [1.29, 1.82) is 0 Å². The first-order valence-corrected chi connectivity index (χ1v) is 8.94. The fourth-order valence-electron chi connectivity index (χ4n) is 2.44. The number of H-pyrrole nitrogens is 1. The van der Waals surface area contributed by atoms with E-state index < -0.39 is 5.97 Å². The van der Waals surface area contributed by atoms with Crippen LogP contribution in [0, 0.1) is 0 Å². The summed E-state index contributed by atoms with van der Waals surface area (Å²) in [5.41, 5.74) is 1.64. The number of rotatable bonds is 5. The first-order chi connectivity index (χ1) is 13.0. The number of thiophene rings is 1. The van der Waals surface area contributed by atoms with Gasteiger partial charge in [0.05, 0.1) is 24.7 Å². The van der Waals surface area contributed by atoms with E-state index in [0.717, 1.165) is 5.56 Å². The van der Waals surface area contributed by atoms with Gasteiger partial charge in [0.1, 0.15) is 10.5 Å². The molecule has 2 aromatic heterocycles. The molecule has 0 radical (unpaired) electrons. The molecule has 0 atom stereocenters. The van der Waals surface area contributed by atoms with Gasteiger partial charge in [0.25, 0.3) is 5.56 Å². The van der Waals surface area contributed by atoms with Crippen LogP contribution in [-0.2, 0) is 16.1 Å². The van der Waals surface area contributed by atoms with Crippen LogP contribution < -0.4 is 5.56 Å². The molecule has 0 aliphatic heterocycles. The topological polar surface area (TPSA) is 92.4 Å². The van der Waals surface area contributed by atoms with E-state index in [1.54, 1.807) is 48.8 Å². The van der Waals surface area contributed by atoms with E-state index in [0.29, 0.717) is 21.6 Å². The maximum atomic E-state index is 12.3. The zero-order valence-electron chi connectivity index (χ0n) is 14.8. The van der Waals surface area contributed by atoms with Crippen LogP contribution >= 0.6 is 11.3 Å². The average Bonchev–Trinajstić information content (AvgIpc) is 3.15. The molecule has 1 N–H and O–H groups in total. The fourth-order valence-corrected chi connectivity index (χ4v) is 3.17. The molecule has 0 saturated carbocycles. The molecule has 1 aromatic carbocycles. The molecule has 0 bridgehead atoms. The molecular weight excluding hydrogens is 366 g/mol. The van der Waals surface area contributed by atoms with E-state index in [1.165, 1.54) is 29.4 Å². The molecule has 0 fully saturated rings. The van der Waals surface area contributed by atoms with Crippen LogP contribution in [0.2, 0.25) is 0 Å². The van der Waals surface area contributed by atoms with Gasteiger partial charge in [-0.3, -0.25) is 9.59 Å². The SMILES string of the molecule is COC(=O)c1ccc(/C=C/C(=O)N(C)Cc2nc3ccsc3c(=O)[nH]2)cc1. The maximum Gasteiger partial charge on any atom is 0.337 e. The summed E-state index contributed by atoms with van der Waals surface area (Å²) < 4.78 is 5.22. The standard InChI is InChI=1S/C19H17N3O4S/c1-22(11-15-20-14-9-10-27-17(14)18(24)21-15)16(23)8-5-12-3-6-13(7-4-12)19(25)26-2/h3-10H,11H2,1-2H3,(H,20,21,24)/b8-5+. The number of likely N-dealkylation sites (N-methyl/N-ethyl adjacent to an activating group) is 1.